The number of likely N-dealkylation sites (N-methyl/N-ethyl adjacent to an activating group) is 1. The Morgan fingerprint density at radius 1 is 1.40 bits per heavy atom. The maximum atomic E-state index is 11.4. The Kier molecular flexibility index (Phi) is 4.04. The minimum Gasteiger partial charge on any atom is -0.368 e. The Balaban J connectivity index is 2.32. The third kappa shape index (κ3) is 2.80. The van der Waals surface area contributed by atoms with E-state index in [9.17, 15) is 14.9 Å². The normalized spacial score (nSPS) is 19.9. The van der Waals surface area contributed by atoms with Crippen molar-refractivity contribution in [2.45, 2.75) is 19.9 Å². The summed E-state index contributed by atoms with van der Waals surface area (Å²) in [6.45, 7) is 6.05. The minimum atomic E-state index is -0.486. The average molecular weight is 277 g/mol. The van der Waals surface area contributed by atoms with E-state index in [-0.39, 0.29) is 17.0 Å². The van der Waals surface area contributed by atoms with E-state index in [1.807, 2.05) is 0 Å². The van der Waals surface area contributed by atoms with Gasteiger partial charge in [-0.3, -0.25) is 14.9 Å². The van der Waals surface area contributed by atoms with Crippen LogP contribution in [0.15, 0.2) is 18.2 Å². The molecule has 2 rings (SSSR count). The van der Waals surface area contributed by atoms with E-state index >= 15 is 0 Å². The van der Waals surface area contributed by atoms with Gasteiger partial charge in [0.1, 0.15) is 0 Å². The zero-order chi connectivity index (χ0) is 14.9. The molecule has 1 atom stereocenters. The Labute approximate surface area is 118 Å². The van der Waals surface area contributed by atoms with Crippen molar-refractivity contribution in [1.29, 1.82) is 0 Å². The molecule has 1 unspecified atom stereocenters. The Morgan fingerprint density at radius 2 is 2.10 bits per heavy atom. The van der Waals surface area contributed by atoms with Crippen molar-refractivity contribution in [2.75, 3.05) is 31.6 Å². The lowest BCUT2D eigenvalue weighted by Gasteiger charge is -2.39. The lowest BCUT2D eigenvalue weighted by molar-refractivity contribution is -0.385. The van der Waals surface area contributed by atoms with Crippen LogP contribution in [-0.2, 0) is 0 Å². The number of nitro groups is 1. The first kappa shape index (κ1) is 14.5. The molecule has 1 heterocycles. The van der Waals surface area contributed by atoms with Gasteiger partial charge >= 0.3 is 0 Å². The number of rotatable bonds is 3. The number of carbonyl (C=O) groups is 1. The predicted octanol–water partition coefficient (Wildman–Crippen LogP) is 1.94. The molecular weight excluding hydrogens is 258 g/mol. The number of nitrogens with zero attached hydrogens (tertiary/aromatic N) is 3. The van der Waals surface area contributed by atoms with Crippen molar-refractivity contribution in [3.63, 3.8) is 0 Å². The maximum absolute atomic E-state index is 11.4. The number of benzene rings is 1. The smallest absolute Gasteiger partial charge is 0.282 e. The summed E-state index contributed by atoms with van der Waals surface area (Å²) in [6, 6.07) is 5.25. The van der Waals surface area contributed by atoms with E-state index in [0.717, 1.165) is 25.3 Å². The van der Waals surface area contributed by atoms with Crippen molar-refractivity contribution < 1.29 is 9.72 Å². The van der Waals surface area contributed by atoms with E-state index in [2.05, 4.69) is 23.8 Å². The molecule has 6 nitrogen and oxygen atoms in total. The fourth-order valence-corrected chi connectivity index (χ4v) is 2.45. The number of carbonyl (C=O) groups excluding carboxylic acids is 1. The summed E-state index contributed by atoms with van der Waals surface area (Å²) in [6.07, 6.45) is 0. The number of nitro benzene ring substituents is 1. The lowest BCUT2D eigenvalue weighted by atomic mass is 10.1. The monoisotopic (exact) mass is 277 g/mol. The molecule has 1 aromatic rings. The van der Waals surface area contributed by atoms with Crippen LogP contribution in [0.25, 0.3) is 0 Å². The number of hydrogen-bond acceptors (Lipinski definition) is 5. The zero-order valence-electron chi connectivity index (χ0n) is 12.0. The second-order valence-electron chi connectivity index (χ2n) is 5.29. The summed E-state index contributed by atoms with van der Waals surface area (Å²) in [5, 5.41) is 11.1. The molecule has 1 fully saturated rings. The van der Waals surface area contributed by atoms with Crippen molar-refractivity contribution in [1.82, 2.24) is 4.90 Å². The summed E-state index contributed by atoms with van der Waals surface area (Å²) < 4.78 is 0. The van der Waals surface area contributed by atoms with Gasteiger partial charge in [-0.15, -0.1) is 0 Å². The van der Waals surface area contributed by atoms with E-state index in [0.29, 0.717) is 6.04 Å². The van der Waals surface area contributed by atoms with Gasteiger partial charge in [-0.1, -0.05) is 0 Å². The molecule has 0 spiro atoms. The van der Waals surface area contributed by atoms with Crippen molar-refractivity contribution in [3.8, 4) is 0 Å². The summed E-state index contributed by atoms with van der Waals surface area (Å²) in [5.74, 6) is -0.282. The second-order valence-corrected chi connectivity index (χ2v) is 5.29. The van der Waals surface area contributed by atoms with Crippen LogP contribution >= 0.6 is 0 Å². The van der Waals surface area contributed by atoms with Crippen LogP contribution in [0.5, 0.6) is 0 Å². The van der Waals surface area contributed by atoms with Crippen LogP contribution in [-0.4, -0.2) is 48.3 Å². The topological polar surface area (TPSA) is 66.7 Å². The number of piperazine rings is 1. The van der Waals surface area contributed by atoms with Crippen LogP contribution in [0.3, 0.4) is 0 Å². The number of Topliss-reactive ketones (excluding diaryl/α,β-unsaturated/α-hetero) is 1. The first-order valence-corrected chi connectivity index (χ1v) is 6.64. The van der Waals surface area contributed by atoms with Crippen molar-refractivity contribution >= 4 is 17.2 Å². The summed E-state index contributed by atoms with van der Waals surface area (Å²) in [5.41, 5.74) is 0.865. The van der Waals surface area contributed by atoms with Gasteiger partial charge in [0.2, 0.25) is 0 Å². The molecule has 1 aromatic carbocycles. The highest BCUT2D eigenvalue weighted by atomic mass is 16.6. The van der Waals surface area contributed by atoms with Gasteiger partial charge in [0.05, 0.1) is 10.5 Å². The summed E-state index contributed by atoms with van der Waals surface area (Å²) in [4.78, 5) is 26.4. The fourth-order valence-electron chi connectivity index (χ4n) is 2.45. The largest absolute Gasteiger partial charge is 0.368 e. The van der Waals surface area contributed by atoms with Gasteiger partial charge in [0.25, 0.3) is 5.69 Å². The molecule has 108 valence electrons. The first-order chi connectivity index (χ1) is 9.40. The molecule has 0 bridgehead atoms. The molecule has 0 radical (unpaired) electrons. The zero-order valence-corrected chi connectivity index (χ0v) is 12.0. The highest BCUT2D eigenvalue weighted by molar-refractivity contribution is 5.98. The molecular formula is C14H19N3O3. The SMILES string of the molecule is CC(=O)c1ccc(N2CCN(C)C(C)C2)cc1[N+](=O)[O-]. The van der Waals surface area contributed by atoms with E-state index in [4.69, 9.17) is 0 Å². The standard InChI is InChI=1S/C14H19N3O3/c1-10-9-16(7-6-15(10)3)12-4-5-13(11(2)18)14(8-12)17(19)20/h4-5,8,10H,6-7,9H2,1-3H3. The molecule has 1 aliphatic rings. The van der Waals surface area contributed by atoms with Gasteiger partial charge in [0.15, 0.2) is 5.78 Å². The molecule has 0 N–H and O–H groups in total. The van der Waals surface area contributed by atoms with E-state index in [1.165, 1.54) is 13.0 Å². The molecule has 6 heteroatoms. The molecule has 20 heavy (non-hydrogen) atoms. The van der Waals surface area contributed by atoms with E-state index in [1.54, 1.807) is 12.1 Å². The van der Waals surface area contributed by atoms with Gasteiger partial charge in [-0.25, -0.2) is 0 Å². The minimum absolute atomic E-state index is 0.110. The van der Waals surface area contributed by atoms with Gasteiger partial charge in [-0.05, 0) is 33.0 Å². The van der Waals surface area contributed by atoms with Gasteiger partial charge in [-0.2, -0.15) is 0 Å². The maximum Gasteiger partial charge on any atom is 0.282 e. The van der Waals surface area contributed by atoms with Gasteiger partial charge in [0, 0.05) is 37.4 Å². The number of anilines is 1. The Bertz CT molecular complexity index is 544. The Hall–Kier alpha value is -1.95. The molecule has 0 saturated carbocycles. The highest BCUT2D eigenvalue weighted by Crippen LogP contribution is 2.27. The number of ketones is 1. The summed E-state index contributed by atoms with van der Waals surface area (Å²) in [7, 11) is 2.07. The molecule has 0 amide bonds. The molecule has 1 aliphatic heterocycles. The molecule has 0 aromatic heterocycles. The Morgan fingerprint density at radius 3 is 2.65 bits per heavy atom. The fraction of sp³-hybridized carbons (Fsp3) is 0.500. The quantitative estimate of drug-likeness (QED) is 0.480. The third-order valence-electron chi connectivity index (χ3n) is 3.88. The average Bonchev–Trinajstić information content (AvgIpc) is 2.41. The molecule has 1 saturated heterocycles. The second kappa shape index (κ2) is 5.58. The van der Waals surface area contributed by atoms with Crippen LogP contribution in [0.4, 0.5) is 11.4 Å². The van der Waals surface area contributed by atoms with E-state index < -0.39 is 4.92 Å². The van der Waals surface area contributed by atoms with Crippen molar-refractivity contribution in [3.05, 3.63) is 33.9 Å². The van der Waals surface area contributed by atoms with Crippen LogP contribution in [0, 0.1) is 10.1 Å². The molecule has 0 aliphatic carbocycles. The summed E-state index contributed by atoms with van der Waals surface area (Å²) >= 11 is 0. The third-order valence-corrected chi connectivity index (χ3v) is 3.88. The predicted molar refractivity (Wildman–Crippen MR) is 77.4 cm³/mol. The first-order valence-electron chi connectivity index (χ1n) is 6.64. The van der Waals surface area contributed by atoms with Gasteiger partial charge < -0.3 is 9.80 Å². The highest BCUT2D eigenvalue weighted by Gasteiger charge is 2.24. The van der Waals surface area contributed by atoms with Crippen LogP contribution < -0.4 is 4.90 Å². The lowest BCUT2D eigenvalue weighted by Crippen LogP contribution is -2.50. The van der Waals surface area contributed by atoms with Crippen LogP contribution in [0.1, 0.15) is 24.2 Å². The van der Waals surface area contributed by atoms with Crippen LogP contribution in [0.2, 0.25) is 0 Å². The van der Waals surface area contributed by atoms with Crippen molar-refractivity contribution in [2.24, 2.45) is 0 Å². The number of hydrogen-bond donors (Lipinski definition) is 0.